The predicted octanol–water partition coefficient (Wildman–Crippen LogP) is 4.57. The molecule has 2 N–H and O–H groups in total. The zero-order valence-corrected chi connectivity index (χ0v) is 17.5. The molecule has 2 aromatic carbocycles. The summed E-state index contributed by atoms with van der Waals surface area (Å²) in [6, 6.07) is 13.2. The number of methoxy groups -OCH3 is 1. The molecule has 5 nitrogen and oxygen atoms in total. The van der Waals surface area contributed by atoms with Crippen LogP contribution >= 0.6 is 28.1 Å². The van der Waals surface area contributed by atoms with Gasteiger partial charge in [-0.25, -0.2) is 0 Å². The number of carbonyl (C=O) groups is 1. The molecule has 1 saturated heterocycles. The first kappa shape index (κ1) is 19.6. The van der Waals surface area contributed by atoms with E-state index in [-0.39, 0.29) is 11.0 Å². The lowest BCUT2D eigenvalue weighted by Crippen LogP contribution is -2.35. The third kappa shape index (κ3) is 4.99. The third-order valence-electron chi connectivity index (χ3n) is 4.49. The third-order valence-corrected chi connectivity index (χ3v) is 5.31. The van der Waals surface area contributed by atoms with Crippen molar-refractivity contribution in [2.45, 2.75) is 19.3 Å². The second-order valence-electron chi connectivity index (χ2n) is 6.32. The summed E-state index contributed by atoms with van der Waals surface area (Å²) in [6.45, 7) is 2.08. The number of piperidine rings is 1. The lowest BCUT2D eigenvalue weighted by Gasteiger charge is -2.30. The van der Waals surface area contributed by atoms with Crippen LogP contribution in [0.4, 0.5) is 11.4 Å². The van der Waals surface area contributed by atoms with E-state index in [1.165, 1.54) is 19.3 Å². The maximum Gasteiger partial charge on any atom is 0.257 e. The normalized spacial score (nSPS) is 13.8. The Balaban J connectivity index is 1.67. The molecule has 27 heavy (non-hydrogen) atoms. The molecule has 0 aromatic heterocycles. The van der Waals surface area contributed by atoms with E-state index < -0.39 is 0 Å². The van der Waals surface area contributed by atoms with Gasteiger partial charge in [-0.2, -0.15) is 0 Å². The number of nitrogens with zero attached hydrogens (tertiary/aromatic N) is 1. The molecule has 1 fully saturated rings. The van der Waals surface area contributed by atoms with Crippen molar-refractivity contribution in [3.63, 3.8) is 0 Å². The second-order valence-corrected chi connectivity index (χ2v) is 7.59. The minimum absolute atomic E-state index is 0.272. The highest BCUT2D eigenvalue weighted by Crippen LogP contribution is 2.28. The average molecular weight is 448 g/mol. The van der Waals surface area contributed by atoms with Gasteiger partial charge in [-0.15, -0.1) is 0 Å². The van der Waals surface area contributed by atoms with Crippen LogP contribution in [-0.4, -0.2) is 31.2 Å². The maximum absolute atomic E-state index is 12.5. The quantitative estimate of drug-likeness (QED) is 0.671. The van der Waals surface area contributed by atoms with Gasteiger partial charge in [-0.3, -0.25) is 10.1 Å². The first-order chi connectivity index (χ1) is 13.1. The monoisotopic (exact) mass is 447 g/mol. The first-order valence-electron chi connectivity index (χ1n) is 8.88. The Labute approximate surface area is 173 Å². The highest BCUT2D eigenvalue weighted by molar-refractivity contribution is 9.10. The van der Waals surface area contributed by atoms with Gasteiger partial charge in [0.05, 0.1) is 23.0 Å². The van der Waals surface area contributed by atoms with E-state index in [2.05, 4.69) is 37.5 Å². The molecule has 3 rings (SSSR count). The molecule has 0 unspecified atom stereocenters. The standard InChI is InChI=1S/C20H22BrN3O2S/c1-26-18-10-9-14(13-15(18)21)19(25)23-20(27)22-16-7-3-4-8-17(16)24-11-5-2-6-12-24/h3-4,7-10,13H,2,5-6,11-12H2,1H3,(H2,22,23,25,27). The van der Waals surface area contributed by atoms with E-state index in [9.17, 15) is 4.79 Å². The number of rotatable bonds is 4. The number of carbonyl (C=O) groups excluding carboxylic acids is 1. The van der Waals surface area contributed by atoms with Crippen molar-refractivity contribution in [2.24, 2.45) is 0 Å². The molecule has 0 atom stereocenters. The van der Waals surface area contributed by atoms with Crippen molar-refractivity contribution in [3.8, 4) is 5.75 Å². The van der Waals surface area contributed by atoms with Crippen molar-refractivity contribution in [2.75, 3.05) is 30.4 Å². The largest absolute Gasteiger partial charge is 0.496 e. The molecule has 0 saturated carbocycles. The van der Waals surface area contributed by atoms with Crippen molar-refractivity contribution in [1.82, 2.24) is 5.32 Å². The number of para-hydroxylation sites is 2. The van der Waals surface area contributed by atoms with Gasteiger partial charge in [-0.05, 0) is 77.7 Å². The molecular formula is C20H22BrN3O2S. The van der Waals surface area contributed by atoms with Gasteiger partial charge in [0.1, 0.15) is 5.75 Å². The van der Waals surface area contributed by atoms with E-state index in [1.54, 1.807) is 25.3 Å². The summed E-state index contributed by atoms with van der Waals surface area (Å²) < 4.78 is 5.90. The van der Waals surface area contributed by atoms with Crippen molar-refractivity contribution in [3.05, 3.63) is 52.5 Å². The molecule has 1 heterocycles. The first-order valence-corrected chi connectivity index (χ1v) is 10.1. The molecule has 142 valence electrons. The van der Waals surface area contributed by atoms with E-state index in [0.717, 1.165) is 24.5 Å². The SMILES string of the molecule is COc1ccc(C(=O)NC(=S)Nc2ccccc2N2CCCCC2)cc1Br. The molecule has 0 spiro atoms. The van der Waals surface area contributed by atoms with Crippen LogP contribution in [0.3, 0.4) is 0 Å². The molecule has 0 radical (unpaired) electrons. The Bertz CT molecular complexity index is 838. The topological polar surface area (TPSA) is 53.6 Å². The highest BCUT2D eigenvalue weighted by atomic mass is 79.9. The molecule has 2 aromatic rings. The van der Waals surface area contributed by atoms with Crippen LogP contribution in [0.5, 0.6) is 5.75 Å². The number of anilines is 2. The summed E-state index contributed by atoms with van der Waals surface area (Å²) >= 11 is 8.75. The van der Waals surface area contributed by atoms with E-state index >= 15 is 0 Å². The number of hydrogen-bond acceptors (Lipinski definition) is 4. The van der Waals surface area contributed by atoms with Gasteiger partial charge in [0.2, 0.25) is 0 Å². The van der Waals surface area contributed by atoms with E-state index in [4.69, 9.17) is 17.0 Å². The van der Waals surface area contributed by atoms with Gasteiger partial charge >= 0.3 is 0 Å². The van der Waals surface area contributed by atoms with Crippen LogP contribution in [0, 0.1) is 0 Å². The number of hydrogen-bond donors (Lipinski definition) is 2. The van der Waals surface area contributed by atoms with E-state index in [0.29, 0.717) is 15.8 Å². The van der Waals surface area contributed by atoms with Crippen LogP contribution in [0.15, 0.2) is 46.9 Å². The summed E-state index contributed by atoms with van der Waals surface area (Å²) in [6.07, 6.45) is 3.67. The zero-order valence-electron chi connectivity index (χ0n) is 15.1. The van der Waals surface area contributed by atoms with Gasteiger partial charge in [0.15, 0.2) is 5.11 Å². The van der Waals surface area contributed by atoms with Gasteiger partial charge in [-0.1, -0.05) is 12.1 Å². The van der Waals surface area contributed by atoms with Crippen molar-refractivity contribution < 1.29 is 9.53 Å². The summed E-state index contributed by atoms with van der Waals surface area (Å²) in [5, 5.41) is 6.18. The summed E-state index contributed by atoms with van der Waals surface area (Å²) in [5.74, 6) is 0.397. The lowest BCUT2D eigenvalue weighted by atomic mass is 10.1. The number of amides is 1. The van der Waals surface area contributed by atoms with Gasteiger partial charge in [0, 0.05) is 18.7 Å². The maximum atomic E-state index is 12.5. The average Bonchev–Trinajstić information content (AvgIpc) is 2.69. The fourth-order valence-corrected chi connectivity index (χ4v) is 3.87. The molecule has 1 aliphatic heterocycles. The van der Waals surface area contributed by atoms with Crippen LogP contribution in [0.25, 0.3) is 0 Å². The Morgan fingerprint density at radius 1 is 1.15 bits per heavy atom. The van der Waals surface area contributed by atoms with Crippen LogP contribution in [0.2, 0.25) is 0 Å². The Morgan fingerprint density at radius 3 is 2.59 bits per heavy atom. The Kier molecular flexibility index (Phi) is 6.68. The van der Waals surface area contributed by atoms with Gasteiger partial charge in [0.25, 0.3) is 5.91 Å². The van der Waals surface area contributed by atoms with Crippen LogP contribution in [0.1, 0.15) is 29.6 Å². The number of halogens is 1. The molecule has 1 aliphatic rings. The molecule has 0 aliphatic carbocycles. The molecule has 0 bridgehead atoms. The Morgan fingerprint density at radius 2 is 1.89 bits per heavy atom. The number of benzene rings is 2. The number of ether oxygens (including phenoxy) is 1. The second kappa shape index (κ2) is 9.19. The highest BCUT2D eigenvalue weighted by Gasteiger charge is 2.16. The Hall–Kier alpha value is -2.12. The minimum atomic E-state index is -0.272. The summed E-state index contributed by atoms with van der Waals surface area (Å²) in [7, 11) is 1.58. The van der Waals surface area contributed by atoms with E-state index in [1.807, 2.05) is 18.2 Å². The van der Waals surface area contributed by atoms with Crippen LogP contribution in [-0.2, 0) is 0 Å². The number of thiocarbonyl (C=S) groups is 1. The molecular weight excluding hydrogens is 426 g/mol. The summed E-state index contributed by atoms with van der Waals surface area (Å²) in [4.78, 5) is 14.8. The summed E-state index contributed by atoms with van der Waals surface area (Å²) in [5.41, 5.74) is 2.51. The fraction of sp³-hybridized carbons (Fsp3) is 0.300. The van der Waals surface area contributed by atoms with Crippen LogP contribution < -0.4 is 20.3 Å². The number of nitrogens with one attached hydrogen (secondary N) is 2. The smallest absolute Gasteiger partial charge is 0.257 e. The predicted molar refractivity (Wildman–Crippen MR) is 117 cm³/mol. The van der Waals surface area contributed by atoms with Gasteiger partial charge < -0.3 is 15.0 Å². The van der Waals surface area contributed by atoms with Crippen molar-refractivity contribution >= 4 is 50.5 Å². The lowest BCUT2D eigenvalue weighted by molar-refractivity contribution is 0.0977. The van der Waals surface area contributed by atoms with Crippen molar-refractivity contribution in [1.29, 1.82) is 0 Å². The fourth-order valence-electron chi connectivity index (χ4n) is 3.13. The minimum Gasteiger partial charge on any atom is -0.496 e. The molecule has 1 amide bonds. The molecule has 7 heteroatoms. The zero-order chi connectivity index (χ0) is 19.2.